The summed E-state index contributed by atoms with van der Waals surface area (Å²) in [6, 6.07) is 11.1. The van der Waals surface area contributed by atoms with E-state index in [-0.39, 0.29) is 0 Å². The van der Waals surface area contributed by atoms with Crippen LogP contribution in [0.5, 0.6) is 0 Å². The van der Waals surface area contributed by atoms with E-state index >= 15 is 0 Å². The average molecular weight is 285 g/mol. The second kappa shape index (κ2) is 6.41. The number of hydrogen-bond acceptors (Lipinski definition) is 3. The van der Waals surface area contributed by atoms with E-state index in [9.17, 15) is 0 Å². The molecule has 2 aromatic rings. The zero-order valence-corrected chi connectivity index (χ0v) is 12.8. The summed E-state index contributed by atoms with van der Waals surface area (Å²) < 4.78 is 7.57. The van der Waals surface area contributed by atoms with Crippen LogP contribution in [0.3, 0.4) is 0 Å². The molecule has 2 heterocycles. The van der Waals surface area contributed by atoms with Crippen LogP contribution in [0.15, 0.2) is 42.7 Å². The third-order valence-corrected chi connectivity index (χ3v) is 4.33. The number of aromatic nitrogens is 2. The van der Waals surface area contributed by atoms with Crippen LogP contribution in [0.25, 0.3) is 0 Å². The Labute approximate surface area is 126 Å². The quantitative estimate of drug-likeness (QED) is 0.844. The Morgan fingerprint density at radius 1 is 1.24 bits per heavy atom. The Morgan fingerprint density at radius 3 is 2.71 bits per heavy atom. The normalized spacial score (nSPS) is 22.8. The highest BCUT2D eigenvalue weighted by Crippen LogP contribution is 2.25. The largest absolute Gasteiger partial charge is 0.380 e. The van der Waals surface area contributed by atoms with Gasteiger partial charge in [-0.3, -0.25) is 9.58 Å². The van der Waals surface area contributed by atoms with E-state index in [0.717, 1.165) is 25.9 Å². The predicted octanol–water partition coefficient (Wildman–Crippen LogP) is 2.25. The molecule has 0 amide bonds. The van der Waals surface area contributed by atoms with E-state index in [2.05, 4.69) is 46.5 Å². The molecular weight excluding hydrogens is 262 g/mol. The molecule has 0 spiro atoms. The SMILES string of the molecule is CO[C@@H]1CCN(Cc2cnn(C)c2)[C@H]1Cc1ccccc1. The van der Waals surface area contributed by atoms with Crippen molar-refractivity contribution in [1.29, 1.82) is 0 Å². The lowest BCUT2D eigenvalue weighted by Gasteiger charge is -2.27. The van der Waals surface area contributed by atoms with Crippen LogP contribution < -0.4 is 0 Å². The van der Waals surface area contributed by atoms with Crippen molar-refractivity contribution in [3.05, 3.63) is 53.9 Å². The number of likely N-dealkylation sites (tertiary alicyclic amines) is 1. The van der Waals surface area contributed by atoms with Crippen molar-refractivity contribution in [3.63, 3.8) is 0 Å². The van der Waals surface area contributed by atoms with Crippen LogP contribution in [0.4, 0.5) is 0 Å². The van der Waals surface area contributed by atoms with Gasteiger partial charge in [0.05, 0.1) is 12.3 Å². The molecular formula is C17H23N3O. The zero-order chi connectivity index (χ0) is 14.7. The number of benzene rings is 1. The van der Waals surface area contributed by atoms with Gasteiger partial charge in [-0.1, -0.05) is 30.3 Å². The molecule has 1 aliphatic rings. The van der Waals surface area contributed by atoms with Crippen molar-refractivity contribution >= 4 is 0 Å². The molecule has 0 saturated carbocycles. The van der Waals surface area contributed by atoms with Crippen LogP contribution >= 0.6 is 0 Å². The van der Waals surface area contributed by atoms with Crippen LogP contribution in [0, 0.1) is 0 Å². The smallest absolute Gasteiger partial charge is 0.0742 e. The standard InChI is InChI=1S/C17H23N3O/c1-19-12-15(11-18-19)13-20-9-8-17(21-2)16(20)10-14-6-4-3-5-7-14/h3-7,11-12,16-17H,8-10,13H2,1-2H3/t16-,17+/m0/s1. The summed E-state index contributed by atoms with van der Waals surface area (Å²) in [6.45, 7) is 2.04. The Morgan fingerprint density at radius 2 is 2.05 bits per heavy atom. The third-order valence-electron chi connectivity index (χ3n) is 4.33. The summed E-state index contributed by atoms with van der Waals surface area (Å²) >= 11 is 0. The maximum Gasteiger partial charge on any atom is 0.0742 e. The van der Waals surface area contributed by atoms with Crippen molar-refractivity contribution in [2.24, 2.45) is 7.05 Å². The summed E-state index contributed by atoms with van der Waals surface area (Å²) in [6.07, 6.45) is 6.52. The fourth-order valence-corrected chi connectivity index (χ4v) is 3.26. The fourth-order valence-electron chi connectivity index (χ4n) is 3.26. The van der Waals surface area contributed by atoms with E-state index in [1.54, 1.807) is 0 Å². The number of methoxy groups -OCH3 is 1. The molecule has 1 saturated heterocycles. The Bertz CT molecular complexity index is 566. The average Bonchev–Trinajstić information content (AvgIpc) is 3.08. The highest BCUT2D eigenvalue weighted by Gasteiger charge is 2.34. The van der Waals surface area contributed by atoms with Gasteiger partial charge in [0.15, 0.2) is 0 Å². The minimum absolute atomic E-state index is 0.321. The molecule has 1 aromatic carbocycles. The van der Waals surface area contributed by atoms with Gasteiger partial charge in [-0.05, 0) is 18.4 Å². The lowest BCUT2D eigenvalue weighted by molar-refractivity contribution is 0.0638. The third kappa shape index (κ3) is 3.34. The monoisotopic (exact) mass is 285 g/mol. The second-order valence-corrected chi connectivity index (χ2v) is 5.81. The van der Waals surface area contributed by atoms with E-state index in [1.165, 1.54) is 11.1 Å². The van der Waals surface area contributed by atoms with Gasteiger partial charge in [0.2, 0.25) is 0 Å². The highest BCUT2D eigenvalue weighted by atomic mass is 16.5. The van der Waals surface area contributed by atoms with Gasteiger partial charge in [0.1, 0.15) is 0 Å². The first-order chi connectivity index (χ1) is 10.3. The van der Waals surface area contributed by atoms with Crippen molar-refractivity contribution in [3.8, 4) is 0 Å². The molecule has 3 rings (SSSR count). The Kier molecular flexibility index (Phi) is 4.36. The molecule has 0 N–H and O–H groups in total. The lowest BCUT2D eigenvalue weighted by Crippen LogP contribution is -2.37. The second-order valence-electron chi connectivity index (χ2n) is 5.81. The first-order valence-electron chi connectivity index (χ1n) is 7.54. The summed E-state index contributed by atoms with van der Waals surface area (Å²) in [5.74, 6) is 0. The lowest BCUT2D eigenvalue weighted by atomic mass is 10.0. The molecule has 4 nitrogen and oxygen atoms in total. The first kappa shape index (κ1) is 14.3. The maximum atomic E-state index is 5.71. The van der Waals surface area contributed by atoms with E-state index in [1.807, 2.05) is 25.0 Å². The molecule has 2 atom stereocenters. The van der Waals surface area contributed by atoms with Crippen LogP contribution in [-0.4, -0.2) is 40.5 Å². The summed E-state index contributed by atoms with van der Waals surface area (Å²) in [5, 5.41) is 4.27. The molecule has 112 valence electrons. The minimum Gasteiger partial charge on any atom is -0.380 e. The molecule has 4 heteroatoms. The highest BCUT2D eigenvalue weighted by molar-refractivity contribution is 5.17. The zero-order valence-electron chi connectivity index (χ0n) is 12.8. The van der Waals surface area contributed by atoms with E-state index in [0.29, 0.717) is 12.1 Å². The number of hydrogen-bond donors (Lipinski definition) is 0. The van der Waals surface area contributed by atoms with Gasteiger partial charge in [-0.15, -0.1) is 0 Å². The van der Waals surface area contributed by atoms with Gasteiger partial charge in [0.25, 0.3) is 0 Å². The van der Waals surface area contributed by atoms with Crippen molar-refractivity contribution < 1.29 is 4.74 Å². The van der Waals surface area contributed by atoms with Gasteiger partial charge < -0.3 is 4.74 Å². The maximum absolute atomic E-state index is 5.71. The molecule has 0 bridgehead atoms. The van der Waals surface area contributed by atoms with Crippen molar-refractivity contribution in [2.75, 3.05) is 13.7 Å². The molecule has 1 aliphatic heterocycles. The molecule has 0 radical (unpaired) electrons. The molecule has 0 unspecified atom stereocenters. The summed E-state index contributed by atoms with van der Waals surface area (Å²) in [4.78, 5) is 2.53. The van der Waals surface area contributed by atoms with E-state index < -0.39 is 0 Å². The molecule has 1 fully saturated rings. The molecule has 1 aromatic heterocycles. The topological polar surface area (TPSA) is 30.3 Å². The van der Waals surface area contributed by atoms with Crippen molar-refractivity contribution in [1.82, 2.24) is 14.7 Å². The van der Waals surface area contributed by atoms with Gasteiger partial charge >= 0.3 is 0 Å². The molecule has 0 aliphatic carbocycles. The molecule has 21 heavy (non-hydrogen) atoms. The Balaban J connectivity index is 1.72. The summed E-state index contributed by atoms with van der Waals surface area (Å²) in [5.41, 5.74) is 2.65. The predicted molar refractivity (Wildman–Crippen MR) is 83.0 cm³/mol. The Hall–Kier alpha value is -1.65. The number of ether oxygens (including phenoxy) is 1. The fraction of sp³-hybridized carbons (Fsp3) is 0.471. The van der Waals surface area contributed by atoms with Gasteiger partial charge in [0, 0.05) is 45.0 Å². The number of nitrogens with zero attached hydrogens (tertiary/aromatic N) is 3. The minimum atomic E-state index is 0.321. The van der Waals surface area contributed by atoms with Crippen molar-refractivity contribution in [2.45, 2.75) is 31.5 Å². The first-order valence-corrected chi connectivity index (χ1v) is 7.54. The number of rotatable bonds is 5. The van der Waals surface area contributed by atoms with Crippen LogP contribution in [0.1, 0.15) is 17.5 Å². The van der Waals surface area contributed by atoms with E-state index in [4.69, 9.17) is 4.74 Å². The summed E-state index contributed by atoms with van der Waals surface area (Å²) in [7, 11) is 3.79. The van der Waals surface area contributed by atoms with Gasteiger partial charge in [-0.25, -0.2) is 0 Å². The number of aryl methyl sites for hydroxylation is 1. The van der Waals surface area contributed by atoms with Crippen LogP contribution in [0.2, 0.25) is 0 Å². The van der Waals surface area contributed by atoms with Gasteiger partial charge in [-0.2, -0.15) is 5.10 Å². The van der Waals surface area contributed by atoms with Crippen LogP contribution in [-0.2, 0) is 24.8 Å².